The third kappa shape index (κ3) is 3.61. The molecule has 23 heavy (non-hydrogen) atoms. The molecule has 1 aliphatic rings. The zero-order valence-electron chi connectivity index (χ0n) is 11.9. The number of hydrogen-bond donors (Lipinski definition) is 2. The predicted molar refractivity (Wildman–Crippen MR) is 75.0 cm³/mol. The van der Waals surface area contributed by atoms with Gasteiger partial charge in [0.2, 0.25) is 5.69 Å². The quantitative estimate of drug-likeness (QED) is 0.904. The largest absolute Gasteiger partial charge is 0.416 e. The van der Waals surface area contributed by atoms with Crippen LogP contribution in [0.5, 0.6) is 0 Å². The Bertz CT molecular complexity index is 790. The van der Waals surface area contributed by atoms with Crippen molar-refractivity contribution in [1.29, 1.82) is 0 Å². The van der Waals surface area contributed by atoms with E-state index < -0.39 is 23.2 Å². The van der Waals surface area contributed by atoms with Gasteiger partial charge in [-0.15, -0.1) is 5.10 Å². The number of nitrogens with zero attached hydrogens (tertiary/aromatic N) is 2. The van der Waals surface area contributed by atoms with E-state index in [1.165, 1.54) is 16.9 Å². The molecule has 3 rings (SSSR count). The van der Waals surface area contributed by atoms with Crippen molar-refractivity contribution in [1.82, 2.24) is 15.0 Å². The summed E-state index contributed by atoms with van der Waals surface area (Å²) < 4.78 is 37.9. The number of H-pyrrole nitrogens is 1. The molecule has 2 N–H and O–H groups in total. The number of aromatic amines is 1. The van der Waals surface area contributed by atoms with Gasteiger partial charge >= 0.3 is 6.18 Å². The summed E-state index contributed by atoms with van der Waals surface area (Å²) in [5.41, 5.74) is -1.98. The Morgan fingerprint density at radius 3 is 2.78 bits per heavy atom. The van der Waals surface area contributed by atoms with Crippen molar-refractivity contribution in [3.63, 3.8) is 0 Å². The van der Waals surface area contributed by atoms with Crippen LogP contribution in [0.1, 0.15) is 28.9 Å². The molecule has 122 valence electrons. The second-order valence-corrected chi connectivity index (χ2v) is 5.45. The van der Waals surface area contributed by atoms with Gasteiger partial charge in [-0.3, -0.25) is 9.59 Å². The number of rotatable bonds is 4. The van der Waals surface area contributed by atoms with Crippen molar-refractivity contribution in [2.24, 2.45) is 5.92 Å². The van der Waals surface area contributed by atoms with Crippen molar-refractivity contribution in [3.05, 3.63) is 45.9 Å². The van der Waals surface area contributed by atoms with Gasteiger partial charge in [0, 0.05) is 5.69 Å². The highest BCUT2D eigenvalue weighted by Crippen LogP contribution is 2.31. The van der Waals surface area contributed by atoms with Crippen molar-refractivity contribution in [2.45, 2.75) is 25.6 Å². The second-order valence-electron chi connectivity index (χ2n) is 5.45. The maximum absolute atomic E-state index is 12.6. The Morgan fingerprint density at radius 1 is 1.39 bits per heavy atom. The van der Waals surface area contributed by atoms with Crippen LogP contribution in [0.15, 0.2) is 29.1 Å². The first-order valence-electron chi connectivity index (χ1n) is 6.98. The van der Waals surface area contributed by atoms with Crippen LogP contribution in [0.25, 0.3) is 0 Å². The molecule has 0 unspecified atom stereocenters. The number of halogens is 3. The van der Waals surface area contributed by atoms with E-state index >= 15 is 0 Å². The lowest BCUT2D eigenvalue weighted by Gasteiger charge is -2.08. The fourth-order valence-electron chi connectivity index (χ4n) is 2.10. The zero-order valence-corrected chi connectivity index (χ0v) is 11.9. The Hall–Kier alpha value is -2.58. The van der Waals surface area contributed by atoms with Crippen LogP contribution in [-0.2, 0) is 12.7 Å². The standard InChI is InChI=1S/C14H13F3N4O2/c15-14(16,17)9-2-1-3-10(6-9)18-12(22)11-13(23)20-21(19-11)7-8-4-5-8/h1-3,6,8H,4-5,7H2,(H,18,22)(H,20,23). The van der Waals surface area contributed by atoms with E-state index in [2.05, 4.69) is 15.5 Å². The number of carbonyl (C=O) groups is 1. The molecule has 1 saturated carbocycles. The fourth-order valence-corrected chi connectivity index (χ4v) is 2.10. The predicted octanol–water partition coefficient (Wildman–Crippen LogP) is 2.25. The van der Waals surface area contributed by atoms with Crippen LogP contribution in [0, 0.1) is 5.92 Å². The van der Waals surface area contributed by atoms with Crippen molar-refractivity contribution in [3.8, 4) is 0 Å². The smallest absolute Gasteiger partial charge is 0.320 e. The molecule has 0 aliphatic heterocycles. The van der Waals surface area contributed by atoms with Gasteiger partial charge in [0.25, 0.3) is 11.5 Å². The average molecular weight is 326 g/mol. The van der Waals surface area contributed by atoms with E-state index in [-0.39, 0.29) is 11.4 Å². The van der Waals surface area contributed by atoms with Crippen LogP contribution in [0.3, 0.4) is 0 Å². The van der Waals surface area contributed by atoms with Gasteiger partial charge in [-0.25, -0.2) is 9.90 Å². The zero-order chi connectivity index (χ0) is 16.6. The summed E-state index contributed by atoms with van der Waals surface area (Å²) in [7, 11) is 0. The molecule has 0 spiro atoms. The molecule has 0 radical (unpaired) electrons. The molecule has 0 saturated heterocycles. The first-order chi connectivity index (χ1) is 10.8. The van der Waals surface area contributed by atoms with E-state index in [0.29, 0.717) is 12.5 Å². The maximum Gasteiger partial charge on any atom is 0.416 e. The SMILES string of the molecule is O=C(Nc1cccc(C(F)(F)F)c1)c1nn(CC2CC2)[nH]c1=O. The Kier molecular flexibility index (Phi) is 3.70. The van der Waals surface area contributed by atoms with E-state index in [9.17, 15) is 22.8 Å². The van der Waals surface area contributed by atoms with Crippen molar-refractivity contribution in [2.75, 3.05) is 5.32 Å². The number of alkyl halides is 3. The molecule has 1 aliphatic carbocycles. The summed E-state index contributed by atoms with van der Waals surface area (Å²) in [5, 5.41) is 8.56. The molecule has 1 amide bonds. The highest BCUT2D eigenvalue weighted by molar-refractivity contribution is 6.02. The van der Waals surface area contributed by atoms with Gasteiger partial charge in [-0.1, -0.05) is 6.07 Å². The van der Waals surface area contributed by atoms with Gasteiger partial charge in [-0.05, 0) is 37.0 Å². The Balaban J connectivity index is 1.76. The van der Waals surface area contributed by atoms with Crippen LogP contribution in [-0.4, -0.2) is 20.9 Å². The number of carbonyl (C=O) groups excluding carboxylic acids is 1. The number of amides is 1. The average Bonchev–Trinajstić information content (AvgIpc) is 3.20. The summed E-state index contributed by atoms with van der Waals surface area (Å²) in [4.78, 5) is 25.0. The molecule has 1 aromatic carbocycles. The van der Waals surface area contributed by atoms with Crippen LogP contribution in [0.2, 0.25) is 0 Å². The normalized spacial score (nSPS) is 14.7. The van der Waals surface area contributed by atoms with Gasteiger partial charge < -0.3 is 5.32 Å². The lowest BCUT2D eigenvalue weighted by molar-refractivity contribution is -0.137. The monoisotopic (exact) mass is 326 g/mol. The molecular weight excluding hydrogens is 313 g/mol. The summed E-state index contributed by atoms with van der Waals surface area (Å²) >= 11 is 0. The Morgan fingerprint density at radius 2 is 2.13 bits per heavy atom. The molecular formula is C14H13F3N4O2. The molecule has 9 heteroatoms. The first-order valence-corrected chi connectivity index (χ1v) is 6.98. The van der Waals surface area contributed by atoms with E-state index in [4.69, 9.17) is 0 Å². The van der Waals surface area contributed by atoms with Gasteiger partial charge in [0.15, 0.2) is 0 Å². The molecule has 1 heterocycles. The molecule has 0 atom stereocenters. The van der Waals surface area contributed by atoms with Gasteiger partial charge in [0.1, 0.15) is 0 Å². The van der Waals surface area contributed by atoms with Crippen LogP contribution < -0.4 is 10.9 Å². The number of aromatic nitrogens is 3. The number of hydrogen-bond acceptors (Lipinski definition) is 3. The minimum Gasteiger partial charge on any atom is -0.320 e. The molecule has 1 fully saturated rings. The van der Waals surface area contributed by atoms with E-state index in [0.717, 1.165) is 25.0 Å². The third-order valence-corrected chi connectivity index (χ3v) is 3.46. The lowest BCUT2D eigenvalue weighted by Crippen LogP contribution is -2.20. The van der Waals surface area contributed by atoms with Crippen molar-refractivity contribution >= 4 is 11.6 Å². The minimum absolute atomic E-state index is 0.0547. The van der Waals surface area contributed by atoms with Crippen molar-refractivity contribution < 1.29 is 18.0 Å². The minimum atomic E-state index is -4.51. The second kappa shape index (κ2) is 5.56. The molecule has 2 aromatic rings. The highest BCUT2D eigenvalue weighted by atomic mass is 19.4. The molecule has 6 nitrogen and oxygen atoms in total. The number of benzene rings is 1. The lowest BCUT2D eigenvalue weighted by atomic mass is 10.2. The van der Waals surface area contributed by atoms with Crippen LogP contribution in [0.4, 0.5) is 18.9 Å². The van der Waals surface area contributed by atoms with E-state index in [1.807, 2.05) is 0 Å². The summed E-state index contributed by atoms with van der Waals surface area (Å²) in [6.07, 6.45) is -2.41. The fraction of sp³-hybridized carbons (Fsp3) is 0.357. The maximum atomic E-state index is 12.6. The topological polar surface area (TPSA) is 79.8 Å². The van der Waals surface area contributed by atoms with Crippen LogP contribution >= 0.6 is 0 Å². The molecule has 1 aromatic heterocycles. The van der Waals surface area contributed by atoms with E-state index in [1.54, 1.807) is 0 Å². The third-order valence-electron chi connectivity index (χ3n) is 3.46. The first kappa shape index (κ1) is 15.3. The highest BCUT2D eigenvalue weighted by Gasteiger charge is 2.30. The number of nitrogens with one attached hydrogen (secondary N) is 2. The number of anilines is 1. The summed E-state index contributed by atoms with van der Waals surface area (Å²) in [6.45, 7) is 0.520. The summed E-state index contributed by atoms with van der Waals surface area (Å²) in [6, 6.07) is 4.18. The van der Waals surface area contributed by atoms with Gasteiger partial charge in [-0.2, -0.15) is 13.2 Å². The Labute approximate surface area is 128 Å². The van der Waals surface area contributed by atoms with Gasteiger partial charge in [0.05, 0.1) is 12.1 Å². The molecule has 0 bridgehead atoms. The summed E-state index contributed by atoms with van der Waals surface area (Å²) in [5.74, 6) is -0.398.